The van der Waals surface area contributed by atoms with Gasteiger partial charge in [-0.1, -0.05) is 0 Å². The molecule has 0 bridgehead atoms. The van der Waals surface area contributed by atoms with E-state index < -0.39 is 11.7 Å². The fourth-order valence-electron chi connectivity index (χ4n) is 2.73. The van der Waals surface area contributed by atoms with Gasteiger partial charge in [0.25, 0.3) is 0 Å². The van der Waals surface area contributed by atoms with Gasteiger partial charge in [-0.2, -0.15) is 0 Å². The van der Waals surface area contributed by atoms with Gasteiger partial charge in [-0.15, -0.1) is 0 Å². The third-order valence-electron chi connectivity index (χ3n) is 3.84. The van der Waals surface area contributed by atoms with Crippen molar-refractivity contribution in [3.63, 3.8) is 0 Å². The number of phenols is 1. The summed E-state index contributed by atoms with van der Waals surface area (Å²) in [6.07, 6.45) is 0. The predicted molar refractivity (Wildman–Crippen MR) is 86.8 cm³/mol. The van der Waals surface area contributed by atoms with Gasteiger partial charge in [-0.25, -0.2) is 4.79 Å². The summed E-state index contributed by atoms with van der Waals surface area (Å²) in [5.41, 5.74) is 0.578. The van der Waals surface area contributed by atoms with Crippen LogP contribution < -0.4 is 5.43 Å². The first-order valence-electron chi connectivity index (χ1n) is 7.22. The maximum absolute atomic E-state index is 11.3. The van der Waals surface area contributed by atoms with E-state index in [4.69, 9.17) is 8.83 Å². The van der Waals surface area contributed by atoms with Crippen LogP contribution in [0, 0.1) is 0 Å². The Morgan fingerprint density at radius 1 is 0.960 bits per heavy atom. The van der Waals surface area contributed by atoms with E-state index in [1.807, 2.05) is 0 Å². The van der Waals surface area contributed by atoms with Crippen molar-refractivity contribution in [3.05, 3.63) is 53.7 Å². The highest BCUT2D eigenvalue weighted by atomic mass is 16.4. The standard InChI is InChI=1S/C18H10O7/c19-9-3-1-8(2-4-9)17-16(21)11-7-14(18(22)23)24-12-5-10(20)6-13(25-17)15(11)12/h1-7,19,21H,(H,22,23)/p+1. The van der Waals surface area contributed by atoms with Crippen molar-refractivity contribution < 1.29 is 33.7 Å². The van der Waals surface area contributed by atoms with Gasteiger partial charge >= 0.3 is 11.4 Å². The number of benzene rings is 2. The fourth-order valence-corrected chi connectivity index (χ4v) is 2.73. The van der Waals surface area contributed by atoms with Gasteiger partial charge in [-0.3, -0.25) is 4.79 Å². The molecule has 0 aliphatic heterocycles. The molecule has 4 aromatic rings. The van der Waals surface area contributed by atoms with Crippen LogP contribution in [0.5, 0.6) is 11.5 Å². The summed E-state index contributed by atoms with van der Waals surface area (Å²) in [6.45, 7) is 0. The van der Waals surface area contributed by atoms with Crippen molar-refractivity contribution in [2.24, 2.45) is 0 Å². The van der Waals surface area contributed by atoms with Crippen molar-refractivity contribution >= 4 is 27.9 Å². The number of aromatic hydroxyl groups is 2. The first-order valence-corrected chi connectivity index (χ1v) is 7.22. The topological polar surface area (TPSA) is 125 Å². The monoisotopic (exact) mass is 339 g/mol. The molecule has 4 N–H and O–H groups in total. The molecule has 124 valence electrons. The Morgan fingerprint density at radius 3 is 2.24 bits per heavy atom. The van der Waals surface area contributed by atoms with Crippen LogP contribution in [0.25, 0.3) is 33.3 Å². The Balaban J connectivity index is 2.16. The van der Waals surface area contributed by atoms with Gasteiger partial charge in [-0.05, 0) is 24.3 Å². The highest BCUT2D eigenvalue weighted by Gasteiger charge is 2.21. The second-order valence-corrected chi connectivity index (χ2v) is 5.47. The SMILES string of the molecule is O=C(O)c1cc2c(O)c(-c3ccc(O)cc3)oc3cc(=[OH+])cc(o1)c32. The van der Waals surface area contributed by atoms with Gasteiger partial charge in [0.15, 0.2) is 11.5 Å². The number of carboxylic acid groups (broad SMARTS) is 1. The number of phenolic OH excluding ortho intramolecular Hbond substituents is 1. The summed E-state index contributed by atoms with van der Waals surface area (Å²) in [5, 5.41) is 29.8. The van der Waals surface area contributed by atoms with E-state index in [0.717, 1.165) is 0 Å². The highest BCUT2D eigenvalue weighted by Crippen LogP contribution is 2.41. The quantitative estimate of drug-likeness (QED) is 0.482. The maximum Gasteiger partial charge on any atom is 0.371 e. The lowest BCUT2D eigenvalue weighted by atomic mass is 10.0. The molecule has 2 aromatic carbocycles. The average Bonchev–Trinajstić information content (AvgIpc) is 2.57. The summed E-state index contributed by atoms with van der Waals surface area (Å²) < 4.78 is 11.0. The van der Waals surface area contributed by atoms with Crippen LogP contribution in [0.2, 0.25) is 0 Å². The molecular formula is C18H11O7+. The predicted octanol–water partition coefficient (Wildman–Crippen LogP) is 2.96. The van der Waals surface area contributed by atoms with Gasteiger partial charge in [0.1, 0.15) is 16.9 Å². The lowest BCUT2D eigenvalue weighted by molar-refractivity contribution is 0.0663. The molecule has 0 saturated heterocycles. The number of aromatic carboxylic acids is 1. The lowest BCUT2D eigenvalue weighted by Crippen LogP contribution is -2.02. The van der Waals surface area contributed by atoms with Crippen LogP contribution >= 0.6 is 0 Å². The summed E-state index contributed by atoms with van der Waals surface area (Å²) in [4.78, 5) is 21.1. The molecule has 0 aliphatic rings. The molecule has 0 atom stereocenters. The molecule has 0 radical (unpaired) electrons. The first kappa shape index (κ1) is 14.8. The molecule has 0 spiro atoms. The van der Waals surface area contributed by atoms with E-state index in [1.54, 1.807) is 0 Å². The molecule has 7 heteroatoms. The van der Waals surface area contributed by atoms with Gasteiger partial charge in [0.2, 0.25) is 5.76 Å². The summed E-state index contributed by atoms with van der Waals surface area (Å²) >= 11 is 0. The van der Waals surface area contributed by atoms with E-state index in [2.05, 4.69) is 0 Å². The third-order valence-corrected chi connectivity index (χ3v) is 3.84. The molecule has 4 rings (SSSR count). The molecule has 2 aromatic heterocycles. The molecular weight excluding hydrogens is 328 g/mol. The van der Waals surface area contributed by atoms with Gasteiger partial charge in [0, 0.05) is 17.0 Å². The van der Waals surface area contributed by atoms with E-state index in [9.17, 15) is 24.9 Å². The largest absolute Gasteiger partial charge is 0.508 e. The Bertz CT molecular complexity index is 1200. The second kappa shape index (κ2) is 5.13. The minimum atomic E-state index is -1.31. The summed E-state index contributed by atoms with van der Waals surface area (Å²) in [7, 11) is 0. The van der Waals surface area contributed by atoms with Crippen molar-refractivity contribution in [1.82, 2.24) is 0 Å². The first-order chi connectivity index (χ1) is 11.9. The number of carbonyl (C=O) groups is 1. The van der Waals surface area contributed by atoms with Crippen LogP contribution in [0.1, 0.15) is 10.6 Å². The Labute approximate surface area is 139 Å². The number of rotatable bonds is 2. The molecule has 0 aliphatic carbocycles. The van der Waals surface area contributed by atoms with E-state index in [-0.39, 0.29) is 39.2 Å². The zero-order valence-electron chi connectivity index (χ0n) is 12.6. The Kier molecular flexibility index (Phi) is 3.04. The minimum Gasteiger partial charge on any atom is -0.508 e. The number of hydrogen-bond donors (Lipinski definition) is 3. The van der Waals surface area contributed by atoms with Crippen molar-refractivity contribution in [1.29, 1.82) is 0 Å². The van der Waals surface area contributed by atoms with Crippen molar-refractivity contribution in [2.75, 3.05) is 0 Å². The van der Waals surface area contributed by atoms with Crippen LogP contribution in [0.3, 0.4) is 0 Å². The van der Waals surface area contributed by atoms with Gasteiger partial charge in [0.05, 0.1) is 17.5 Å². The Morgan fingerprint density at radius 2 is 1.60 bits per heavy atom. The highest BCUT2D eigenvalue weighted by molar-refractivity contribution is 6.10. The minimum absolute atomic E-state index is 0.0479. The molecule has 0 saturated carbocycles. The van der Waals surface area contributed by atoms with Crippen LogP contribution in [-0.4, -0.2) is 26.1 Å². The number of hydrogen-bond acceptors (Lipinski definition) is 5. The van der Waals surface area contributed by atoms with E-state index in [0.29, 0.717) is 10.9 Å². The zero-order chi connectivity index (χ0) is 17.7. The van der Waals surface area contributed by atoms with Crippen LogP contribution in [-0.2, 0) is 0 Å². The summed E-state index contributed by atoms with van der Waals surface area (Å²) in [5.74, 6) is -1.85. The van der Waals surface area contributed by atoms with Crippen molar-refractivity contribution in [3.8, 4) is 22.8 Å². The smallest absolute Gasteiger partial charge is 0.371 e. The molecule has 25 heavy (non-hydrogen) atoms. The molecule has 0 unspecified atom stereocenters. The Hall–Kier alpha value is -3.74. The van der Waals surface area contributed by atoms with Crippen LogP contribution in [0.15, 0.2) is 51.3 Å². The van der Waals surface area contributed by atoms with E-state index in [1.165, 1.54) is 42.5 Å². The third kappa shape index (κ3) is 2.29. The van der Waals surface area contributed by atoms with Crippen LogP contribution in [0.4, 0.5) is 0 Å². The van der Waals surface area contributed by atoms with Gasteiger partial charge < -0.3 is 24.2 Å². The molecule has 7 nitrogen and oxygen atoms in total. The van der Waals surface area contributed by atoms with Crippen molar-refractivity contribution in [2.45, 2.75) is 0 Å². The molecule has 0 fully saturated rings. The average molecular weight is 339 g/mol. The zero-order valence-corrected chi connectivity index (χ0v) is 12.6. The molecule has 0 amide bonds. The second-order valence-electron chi connectivity index (χ2n) is 5.47. The lowest BCUT2D eigenvalue weighted by Gasteiger charge is -2.11. The summed E-state index contributed by atoms with van der Waals surface area (Å²) in [6, 6.07) is 9.72. The maximum atomic E-state index is 11.3. The number of carboxylic acids is 1. The van der Waals surface area contributed by atoms with E-state index >= 15 is 0 Å². The normalized spacial score (nSPS) is 11.2. The molecule has 2 heterocycles. The fraction of sp³-hybridized carbons (Fsp3) is 0.